The first-order valence-corrected chi connectivity index (χ1v) is 6.28. The standard InChI is InChI=1S/C13H15N5O3/c1-8(12-14-7-15-18-12)16-13(21)17-10-4-2-9(3-5-10)6-11(19)20/h2-5,7-8H,6H2,1H3,(H,19,20)(H,14,15,18)(H2,16,17,21). The molecule has 110 valence electrons. The number of aromatic nitrogens is 3. The lowest BCUT2D eigenvalue weighted by molar-refractivity contribution is -0.136. The van der Waals surface area contributed by atoms with Crippen LogP contribution in [0.2, 0.25) is 0 Å². The molecular weight excluding hydrogens is 274 g/mol. The second kappa shape index (κ2) is 6.51. The van der Waals surface area contributed by atoms with Crippen LogP contribution in [0.3, 0.4) is 0 Å². The molecule has 0 bridgehead atoms. The summed E-state index contributed by atoms with van der Waals surface area (Å²) in [6, 6.07) is 5.92. The van der Waals surface area contributed by atoms with E-state index in [-0.39, 0.29) is 18.5 Å². The number of nitrogens with one attached hydrogen (secondary N) is 3. The molecule has 0 aliphatic carbocycles. The van der Waals surface area contributed by atoms with Crippen molar-refractivity contribution in [2.45, 2.75) is 19.4 Å². The summed E-state index contributed by atoms with van der Waals surface area (Å²) in [4.78, 5) is 26.3. The van der Waals surface area contributed by atoms with E-state index < -0.39 is 5.97 Å². The summed E-state index contributed by atoms with van der Waals surface area (Å²) in [6.45, 7) is 1.77. The van der Waals surface area contributed by atoms with Crippen LogP contribution in [-0.4, -0.2) is 32.3 Å². The largest absolute Gasteiger partial charge is 0.481 e. The smallest absolute Gasteiger partial charge is 0.319 e. The molecule has 1 aromatic heterocycles. The van der Waals surface area contributed by atoms with E-state index in [1.165, 1.54) is 6.33 Å². The fourth-order valence-electron chi connectivity index (χ4n) is 1.74. The third-order valence-corrected chi connectivity index (χ3v) is 2.76. The first-order valence-electron chi connectivity index (χ1n) is 6.28. The zero-order valence-electron chi connectivity index (χ0n) is 11.3. The van der Waals surface area contributed by atoms with Gasteiger partial charge in [0, 0.05) is 5.69 Å². The van der Waals surface area contributed by atoms with Crippen molar-refractivity contribution in [3.8, 4) is 0 Å². The lowest BCUT2D eigenvalue weighted by Crippen LogP contribution is -2.31. The number of urea groups is 1. The Kier molecular flexibility index (Phi) is 4.50. The molecule has 8 heteroatoms. The normalized spacial score (nSPS) is 11.7. The van der Waals surface area contributed by atoms with Gasteiger partial charge in [0.05, 0.1) is 12.5 Å². The van der Waals surface area contributed by atoms with Crippen molar-refractivity contribution in [2.75, 3.05) is 5.32 Å². The van der Waals surface area contributed by atoms with Crippen LogP contribution in [0.15, 0.2) is 30.6 Å². The van der Waals surface area contributed by atoms with Crippen LogP contribution < -0.4 is 10.6 Å². The number of carbonyl (C=O) groups excluding carboxylic acids is 1. The maximum Gasteiger partial charge on any atom is 0.319 e. The van der Waals surface area contributed by atoms with Crippen LogP contribution in [0.4, 0.5) is 10.5 Å². The van der Waals surface area contributed by atoms with Crippen molar-refractivity contribution < 1.29 is 14.7 Å². The number of hydrogen-bond donors (Lipinski definition) is 4. The first-order chi connectivity index (χ1) is 10.0. The third-order valence-electron chi connectivity index (χ3n) is 2.76. The van der Waals surface area contributed by atoms with Crippen molar-refractivity contribution in [1.82, 2.24) is 20.5 Å². The third kappa shape index (κ3) is 4.30. The van der Waals surface area contributed by atoms with E-state index in [2.05, 4.69) is 25.8 Å². The lowest BCUT2D eigenvalue weighted by atomic mass is 10.1. The van der Waals surface area contributed by atoms with Crippen molar-refractivity contribution in [1.29, 1.82) is 0 Å². The van der Waals surface area contributed by atoms with Crippen molar-refractivity contribution in [3.05, 3.63) is 42.0 Å². The van der Waals surface area contributed by atoms with Gasteiger partial charge in [-0.1, -0.05) is 12.1 Å². The number of aliphatic carboxylic acids is 1. The van der Waals surface area contributed by atoms with Gasteiger partial charge in [0.2, 0.25) is 0 Å². The van der Waals surface area contributed by atoms with E-state index in [9.17, 15) is 9.59 Å². The fourth-order valence-corrected chi connectivity index (χ4v) is 1.74. The highest BCUT2D eigenvalue weighted by Gasteiger charge is 2.11. The number of hydrogen-bond acceptors (Lipinski definition) is 4. The number of H-pyrrole nitrogens is 1. The minimum Gasteiger partial charge on any atom is -0.481 e. The second-order valence-corrected chi connectivity index (χ2v) is 4.46. The topological polar surface area (TPSA) is 120 Å². The number of nitrogens with zero attached hydrogens (tertiary/aromatic N) is 2. The Hall–Kier alpha value is -2.90. The Bertz CT molecular complexity index is 609. The summed E-state index contributed by atoms with van der Waals surface area (Å²) >= 11 is 0. The van der Waals surface area contributed by atoms with Crippen LogP contribution in [-0.2, 0) is 11.2 Å². The minimum absolute atomic E-state index is 0.0466. The van der Waals surface area contributed by atoms with Gasteiger partial charge in [0.1, 0.15) is 12.2 Å². The van der Waals surface area contributed by atoms with E-state index in [0.717, 1.165) is 0 Å². The molecule has 2 rings (SSSR count). The van der Waals surface area contributed by atoms with Gasteiger partial charge in [0.25, 0.3) is 0 Å². The molecule has 21 heavy (non-hydrogen) atoms. The minimum atomic E-state index is -0.894. The summed E-state index contributed by atoms with van der Waals surface area (Å²) < 4.78 is 0. The second-order valence-electron chi connectivity index (χ2n) is 4.46. The maximum atomic E-state index is 11.8. The molecule has 4 N–H and O–H groups in total. The molecule has 8 nitrogen and oxygen atoms in total. The molecule has 0 spiro atoms. The molecule has 0 saturated heterocycles. The molecule has 1 unspecified atom stereocenters. The van der Waals surface area contributed by atoms with Crippen molar-refractivity contribution in [3.63, 3.8) is 0 Å². The molecule has 0 aliphatic rings. The molecule has 0 saturated carbocycles. The van der Waals surface area contributed by atoms with Gasteiger partial charge in [-0.3, -0.25) is 9.89 Å². The Balaban J connectivity index is 1.89. The van der Waals surface area contributed by atoms with Gasteiger partial charge in [0.15, 0.2) is 0 Å². The van der Waals surface area contributed by atoms with Crippen LogP contribution in [0.25, 0.3) is 0 Å². The SMILES string of the molecule is CC(NC(=O)Nc1ccc(CC(=O)O)cc1)c1ncn[nH]1. The molecule has 1 heterocycles. The Morgan fingerprint density at radius 1 is 1.33 bits per heavy atom. The highest BCUT2D eigenvalue weighted by Crippen LogP contribution is 2.11. The number of aromatic amines is 1. The molecule has 0 radical (unpaired) electrons. The number of amides is 2. The summed E-state index contributed by atoms with van der Waals surface area (Å²) in [5, 5.41) is 20.4. The number of carboxylic acids is 1. The highest BCUT2D eigenvalue weighted by molar-refractivity contribution is 5.89. The Morgan fingerprint density at radius 3 is 2.62 bits per heavy atom. The van der Waals surface area contributed by atoms with Gasteiger partial charge in [-0.2, -0.15) is 5.10 Å². The van der Waals surface area contributed by atoms with Gasteiger partial charge < -0.3 is 15.7 Å². The number of anilines is 1. The van der Waals surface area contributed by atoms with Gasteiger partial charge in [-0.05, 0) is 24.6 Å². The number of carboxylic acid groups (broad SMARTS) is 1. The monoisotopic (exact) mass is 289 g/mol. The molecule has 2 amide bonds. The average molecular weight is 289 g/mol. The quantitative estimate of drug-likeness (QED) is 0.661. The van der Waals surface area contributed by atoms with Gasteiger partial charge in [-0.15, -0.1) is 0 Å². The van der Waals surface area contributed by atoms with E-state index in [1.54, 1.807) is 31.2 Å². The molecule has 1 atom stereocenters. The molecule has 1 aromatic carbocycles. The average Bonchev–Trinajstić information content (AvgIpc) is 2.94. The van der Waals surface area contributed by atoms with Crippen LogP contribution in [0.1, 0.15) is 24.4 Å². The Labute approximate surface area is 120 Å². The maximum absolute atomic E-state index is 11.8. The number of benzene rings is 1. The molecule has 0 aliphatic heterocycles. The number of rotatable bonds is 5. The van der Waals surface area contributed by atoms with E-state index in [0.29, 0.717) is 17.1 Å². The van der Waals surface area contributed by atoms with Crippen molar-refractivity contribution >= 4 is 17.7 Å². The summed E-state index contributed by atoms with van der Waals surface area (Å²) in [7, 11) is 0. The van der Waals surface area contributed by atoms with Crippen LogP contribution in [0.5, 0.6) is 0 Å². The molecule has 2 aromatic rings. The zero-order chi connectivity index (χ0) is 15.2. The molecular formula is C13H15N5O3. The lowest BCUT2D eigenvalue weighted by Gasteiger charge is -2.12. The van der Waals surface area contributed by atoms with Gasteiger partial charge in [-0.25, -0.2) is 9.78 Å². The van der Waals surface area contributed by atoms with E-state index in [4.69, 9.17) is 5.11 Å². The molecule has 0 fully saturated rings. The predicted octanol–water partition coefficient (Wildman–Crippen LogP) is 1.31. The highest BCUT2D eigenvalue weighted by atomic mass is 16.4. The summed E-state index contributed by atoms with van der Waals surface area (Å²) in [5.74, 6) is -0.337. The van der Waals surface area contributed by atoms with E-state index in [1.807, 2.05) is 0 Å². The predicted molar refractivity (Wildman–Crippen MR) is 74.7 cm³/mol. The zero-order valence-corrected chi connectivity index (χ0v) is 11.3. The summed E-state index contributed by atoms with van der Waals surface area (Å²) in [6.07, 6.45) is 1.32. The summed E-state index contributed by atoms with van der Waals surface area (Å²) in [5.41, 5.74) is 1.25. The van der Waals surface area contributed by atoms with Crippen LogP contribution >= 0.6 is 0 Å². The van der Waals surface area contributed by atoms with E-state index >= 15 is 0 Å². The van der Waals surface area contributed by atoms with Crippen molar-refractivity contribution in [2.24, 2.45) is 0 Å². The fraction of sp³-hybridized carbons (Fsp3) is 0.231. The van der Waals surface area contributed by atoms with Crippen LogP contribution in [0, 0.1) is 0 Å². The number of carbonyl (C=O) groups is 2. The Morgan fingerprint density at radius 2 is 2.05 bits per heavy atom. The first kappa shape index (κ1) is 14.5. The van der Waals surface area contributed by atoms with Gasteiger partial charge >= 0.3 is 12.0 Å².